The molecule has 1 aliphatic carbocycles. The van der Waals surface area contributed by atoms with Crippen molar-refractivity contribution in [2.24, 2.45) is 0 Å². The molecule has 1 aromatic rings. The van der Waals surface area contributed by atoms with E-state index in [1.165, 1.54) is 12.5 Å². The quantitative estimate of drug-likeness (QED) is 0.781. The summed E-state index contributed by atoms with van der Waals surface area (Å²) in [5.74, 6) is -0.852. The lowest BCUT2D eigenvalue weighted by Gasteiger charge is -2.24. The number of anilines is 1. The van der Waals surface area contributed by atoms with Crippen LogP contribution in [-0.4, -0.2) is 28.1 Å². The number of carboxylic acids is 1. The van der Waals surface area contributed by atoms with Gasteiger partial charge in [0.2, 0.25) is 0 Å². The van der Waals surface area contributed by atoms with Crippen molar-refractivity contribution in [3.63, 3.8) is 0 Å². The Labute approximate surface area is 81.3 Å². The first-order valence-electron chi connectivity index (χ1n) is 4.61. The number of aliphatic carboxylic acids is 1. The van der Waals surface area contributed by atoms with Gasteiger partial charge in [-0.25, -0.2) is 9.78 Å². The Balaban J connectivity index is 2.19. The van der Waals surface area contributed by atoms with Crippen molar-refractivity contribution in [3.05, 3.63) is 12.5 Å². The van der Waals surface area contributed by atoms with Crippen molar-refractivity contribution in [1.29, 1.82) is 0 Å². The van der Waals surface area contributed by atoms with Crippen LogP contribution in [0.3, 0.4) is 0 Å². The van der Waals surface area contributed by atoms with E-state index in [9.17, 15) is 4.79 Å². The summed E-state index contributed by atoms with van der Waals surface area (Å²) in [5, 5.41) is 8.92. The summed E-state index contributed by atoms with van der Waals surface area (Å²) in [5.41, 5.74) is 0. The van der Waals surface area contributed by atoms with E-state index in [2.05, 4.69) is 4.98 Å². The third-order valence-corrected chi connectivity index (χ3v) is 2.36. The lowest BCUT2D eigenvalue weighted by molar-refractivity contribution is -0.138. The molecule has 5 nitrogen and oxygen atoms in total. The topological polar surface area (TPSA) is 66.6 Å². The minimum absolute atomic E-state index is 0.278. The van der Waals surface area contributed by atoms with Crippen molar-refractivity contribution >= 4 is 12.0 Å². The molecule has 1 N–H and O–H groups in total. The van der Waals surface area contributed by atoms with Gasteiger partial charge in [0.25, 0.3) is 6.01 Å². The predicted octanol–water partition coefficient (Wildman–Crippen LogP) is 1.12. The fourth-order valence-corrected chi connectivity index (χ4v) is 1.45. The van der Waals surface area contributed by atoms with Gasteiger partial charge in [0.05, 0.1) is 6.20 Å². The summed E-state index contributed by atoms with van der Waals surface area (Å²) in [6.07, 6.45) is 5.01. The highest BCUT2D eigenvalue weighted by atomic mass is 16.4. The molecule has 0 saturated heterocycles. The van der Waals surface area contributed by atoms with E-state index < -0.39 is 12.0 Å². The summed E-state index contributed by atoms with van der Waals surface area (Å²) in [6.45, 7) is 1.64. The van der Waals surface area contributed by atoms with Gasteiger partial charge < -0.3 is 14.4 Å². The summed E-state index contributed by atoms with van der Waals surface area (Å²) >= 11 is 0. The first kappa shape index (κ1) is 9.05. The van der Waals surface area contributed by atoms with Crippen LogP contribution in [-0.2, 0) is 4.79 Å². The standard InChI is InChI=1S/C9H12N2O3/c1-6(8(12)13)11(7-2-3-7)9-10-4-5-14-9/h4-7H,2-3H2,1H3,(H,12,13). The van der Waals surface area contributed by atoms with Crippen LogP contribution in [0.2, 0.25) is 0 Å². The second kappa shape index (κ2) is 3.32. The predicted molar refractivity (Wildman–Crippen MR) is 49.1 cm³/mol. The van der Waals surface area contributed by atoms with Crippen molar-refractivity contribution < 1.29 is 14.3 Å². The molecule has 1 saturated carbocycles. The van der Waals surface area contributed by atoms with Gasteiger partial charge in [-0.3, -0.25) is 0 Å². The highest BCUT2D eigenvalue weighted by molar-refractivity contribution is 5.77. The van der Waals surface area contributed by atoms with Crippen LogP contribution in [0.15, 0.2) is 16.9 Å². The molecule has 0 bridgehead atoms. The third kappa shape index (κ3) is 1.57. The fraction of sp³-hybridized carbons (Fsp3) is 0.556. The van der Waals surface area contributed by atoms with Crippen molar-refractivity contribution in [1.82, 2.24) is 4.98 Å². The molecular formula is C9H12N2O3. The zero-order chi connectivity index (χ0) is 10.1. The molecule has 0 amide bonds. The molecule has 0 spiro atoms. The number of aromatic nitrogens is 1. The van der Waals surface area contributed by atoms with Gasteiger partial charge in [0.1, 0.15) is 12.3 Å². The Hall–Kier alpha value is -1.52. The molecule has 0 aliphatic heterocycles. The molecule has 1 heterocycles. The highest BCUT2D eigenvalue weighted by Gasteiger charge is 2.37. The van der Waals surface area contributed by atoms with Crippen molar-refractivity contribution in [2.75, 3.05) is 4.90 Å². The maximum atomic E-state index is 10.9. The van der Waals surface area contributed by atoms with Crippen molar-refractivity contribution in [3.8, 4) is 0 Å². The summed E-state index contributed by atoms with van der Waals surface area (Å²) < 4.78 is 5.12. The second-order valence-corrected chi connectivity index (χ2v) is 3.47. The monoisotopic (exact) mass is 196 g/mol. The number of nitrogens with zero attached hydrogens (tertiary/aromatic N) is 2. The first-order chi connectivity index (χ1) is 6.70. The van der Waals surface area contributed by atoms with E-state index in [1.807, 2.05) is 0 Å². The van der Waals surface area contributed by atoms with E-state index in [0.29, 0.717) is 6.01 Å². The number of carbonyl (C=O) groups is 1. The van der Waals surface area contributed by atoms with E-state index in [1.54, 1.807) is 11.8 Å². The fourth-order valence-electron chi connectivity index (χ4n) is 1.45. The van der Waals surface area contributed by atoms with Gasteiger partial charge in [-0.1, -0.05) is 0 Å². The lowest BCUT2D eigenvalue weighted by Crippen LogP contribution is -2.40. The maximum Gasteiger partial charge on any atom is 0.326 e. The van der Waals surface area contributed by atoms with Crippen LogP contribution in [0, 0.1) is 0 Å². The van der Waals surface area contributed by atoms with E-state index in [0.717, 1.165) is 12.8 Å². The second-order valence-electron chi connectivity index (χ2n) is 3.47. The van der Waals surface area contributed by atoms with Crippen LogP contribution >= 0.6 is 0 Å². The lowest BCUT2D eigenvalue weighted by atomic mass is 10.3. The smallest absolute Gasteiger partial charge is 0.326 e. The Kier molecular flexibility index (Phi) is 2.15. The number of carboxylic acid groups (broad SMARTS) is 1. The van der Waals surface area contributed by atoms with Gasteiger partial charge in [0.15, 0.2) is 0 Å². The molecule has 14 heavy (non-hydrogen) atoms. The van der Waals surface area contributed by atoms with Gasteiger partial charge in [-0.15, -0.1) is 0 Å². The summed E-state index contributed by atoms with van der Waals surface area (Å²) in [7, 11) is 0. The number of rotatable bonds is 4. The molecule has 1 atom stereocenters. The van der Waals surface area contributed by atoms with Crippen LogP contribution in [0.5, 0.6) is 0 Å². The van der Waals surface area contributed by atoms with Gasteiger partial charge in [-0.05, 0) is 19.8 Å². The zero-order valence-electron chi connectivity index (χ0n) is 7.88. The highest BCUT2D eigenvalue weighted by Crippen LogP contribution is 2.32. The number of hydrogen-bond acceptors (Lipinski definition) is 4. The Bertz CT molecular complexity index is 319. The molecule has 2 rings (SSSR count). The molecule has 0 radical (unpaired) electrons. The van der Waals surface area contributed by atoms with Gasteiger partial charge in [-0.2, -0.15) is 0 Å². The minimum atomic E-state index is -0.852. The van der Waals surface area contributed by atoms with Crippen molar-refractivity contribution in [2.45, 2.75) is 31.8 Å². The average Bonchev–Trinajstić information content (AvgIpc) is 2.81. The number of oxazole rings is 1. The molecule has 1 aromatic heterocycles. The van der Waals surface area contributed by atoms with Crippen LogP contribution in [0.1, 0.15) is 19.8 Å². The van der Waals surface area contributed by atoms with Crippen LogP contribution < -0.4 is 4.90 Å². The normalized spacial score (nSPS) is 17.8. The molecule has 1 fully saturated rings. The molecular weight excluding hydrogens is 184 g/mol. The molecule has 1 aliphatic rings. The minimum Gasteiger partial charge on any atom is -0.480 e. The number of hydrogen-bond donors (Lipinski definition) is 1. The maximum absolute atomic E-state index is 10.9. The van der Waals surface area contributed by atoms with Gasteiger partial charge in [0, 0.05) is 6.04 Å². The summed E-state index contributed by atoms with van der Waals surface area (Å²) in [6, 6.07) is 0.100. The Morgan fingerprint density at radius 3 is 2.93 bits per heavy atom. The SMILES string of the molecule is CC(C(=O)O)N(c1ncco1)C1CC1. The first-order valence-corrected chi connectivity index (χ1v) is 4.61. The largest absolute Gasteiger partial charge is 0.480 e. The Morgan fingerprint density at radius 2 is 2.50 bits per heavy atom. The van der Waals surface area contributed by atoms with E-state index >= 15 is 0 Å². The molecule has 0 aromatic carbocycles. The van der Waals surface area contributed by atoms with E-state index in [-0.39, 0.29) is 6.04 Å². The average molecular weight is 196 g/mol. The molecule has 76 valence electrons. The zero-order valence-corrected chi connectivity index (χ0v) is 7.88. The molecule has 1 unspecified atom stereocenters. The van der Waals surface area contributed by atoms with Crippen LogP contribution in [0.4, 0.5) is 6.01 Å². The Morgan fingerprint density at radius 1 is 1.79 bits per heavy atom. The summed E-state index contributed by atoms with van der Waals surface area (Å²) in [4.78, 5) is 16.6. The van der Waals surface area contributed by atoms with E-state index in [4.69, 9.17) is 9.52 Å². The van der Waals surface area contributed by atoms with Gasteiger partial charge >= 0.3 is 5.97 Å². The van der Waals surface area contributed by atoms with Crippen LogP contribution in [0.25, 0.3) is 0 Å². The third-order valence-electron chi connectivity index (χ3n) is 2.36. The molecule has 5 heteroatoms.